The number of benzene rings is 1. The summed E-state index contributed by atoms with van der Waals surface area (Å²) in [5.74, 6) is 0.732. The summed E-state index contributed by atoms with van der Waals surface area (Å²) in [4.78, 5) is 0. The van der Waals surface area contributed by atoms with Crippen LogP contribution in [0.1, 0.15) is 43.7 Å². The number of fused-ring (bicyclic) bond motifs is 1. The molecule has 0 spiro atoms. The highest BCUT2D eigenvalue weighted by Gasteiger charge is 2.27. The molecule has 0 fully saturated rings. The third kappa shape index (κ3) is 3.33. The molecule has 0 amide bonds. The molecule has 18 heavy (non-hydrogen) atoms. The minimum absolute atomic E-state index is 0.500. The van der Waals surface area contributed by atoms with E-state index in [1.165, 1.54) is 18.4 Å². The summed E-state index contributed by atoms with van der Waals surface area (Å²) in [7, 11) is 0. The van der Waals surface area contributed by atoms with E-state index < -0.39 is 0 Å². The van der Waals surface area contributed by atoms with E-state index in [1.807, 2.05) is 0 Å². The Morgan fingerprint density at radius 2 is 2.17 bits per heavy atom. The van der Waals surface area contributed by atoms with Gasteiger partial charge in [0.25, 0.3) is 0 Å². The summed E-state index contributed by atoms with van der Waals surface area (Å²) in [6.07, 6.45) is 3.55. The molecule has 1 aliphatic rings. The van der Waals surface area contributed by atoms with Gasteiger partial charge in [0.15, 0.2) is 0 Å². The molecule has 1 aliphatic carbocycles. The van der Waals surface area contributed by atoms with Crippen LogP contribution in [0.25, 0.3) is 0 Å². The van der Waals surface area contributed by atoms with Crippen molar-refractivity contribution in [3.8, 4) is 0 Å². The van der Waals surface area contributed by atoms with Crippen molar-refractivity contribution in [3.63, 3.8) is 0 Å². The minimum Gasteiger partial charge on any atom is -0.380 e. The van der Waals surface area contributed by atoms with E-state index in [4.69, 9.17) is 4.74 Å². The van der Waals surface area contributed by atoms with Crippen molar-refractivity contribution in [1.29, 1.82) is 0 Å². The van der Waals surface area contributed by atoms with Gasteiger partial charge < -0.3 is 10.1 Å². The van der Waals surface area contributed by atoms with E-state index in [2.05, 4.69) is 43.4 Å². The van der Waals surface area contributed by atoms with Gasteiger partial charge in [-0.1, -0.05) is 38.1 Å². The van der Waals surface area contributed by atoms with Gasteiger partial charge in [-0.25, -0.2) is 0 Å². The summed E-state index contributed by atoms with van der Waals surface area (Å²) in [5.41, 5.74) is 3.09. The lowest BCUT2D eigenvalue weighted by Gasteiger charge is -2.33. The van der Waals surface area contributed by atoms with Gasteiger partial charge in [-0.3, -0.25) is 0 Å². The Bertz CT molecular complexity index is 364. The normalized spacial score (nSPS) is 19.1. The van der Waals surface area contributed by atoms with Gasteiger partial charge in [0.05, 0.1) is 6.61 Å². The average Bonchev–Trinajstić information content (AvgIpc) is 2.36. The monoisotopic (exact) mass is 247 g/mol. The molecule has 0 saturated heterocycles. The maximum atomic E-state index is 5.69. The third-order valence-corrected chi connectivity index (χ3v) is 3.69. The lowest BCUT2D eigenvalue weighted by molar-refractivity contribution is 0.107. The minimum atomic E-state index is 0.500. The Morgan fingerprint density at radius 1 is 1.33 bits per heavy atom. The Kier molecular flexibility index (Phi) is 5.21. The van der Waals surface area contributed by atoms with Crippen molar-refractivity contribution in [1.82, 2.24) is 5.32 Å². The number of hydrogen-bond donors (Lipinski definition) is 1. The van der Waals surface area contributed by atoms with Crippen molar-refractivity contribution < 1.29 is 4.74 Å². The van der Waals surface area contributed by atoms with Crippen LogP contribution in [0.15, 0.2) is 24.3 Å². The van der Waals surface area contributed by atoms with E-state index in [1.54, 1.807) is 5.56 Å². The second-order valence-electron chi connectivity index (χ2n) is 5.17. The van der Waals surface area contributed by atoms with Gasteiger partial charge in [0.1, 0.15) is 0 Å². The fraction of sp³-hybridized carbons (Fsp3) is 0.625. The molecule has 2 heteroatoms. The molecule has 2 unspecified atom stereocenters. The molecular formula is C16H25NO. The molecule has 100 valence electrons. The zero-order chi connectivity index (χ0) is 12.8. The standard InChI is InChI=1S/C16H25NO/c1-3-9-18-12-15(17-4-2)11-14-10-13-7-5-6-8-16(13)14/h5-8,14-15,17H,3-4,9-12H2,1-2H3. The van der Waals surface area contributed by atoms with E-state index >= 15 is 0 Å². The van der Waals surface area contributed by atoms with Crippen molar-refractivity contribution in [2.24, 2.45) is 0 Å². The van der Waals surface area contributed by atoms with Crippen LogP contribution in [-0.2, 0) is 11.2 Å². The lowest BCUT2D eigenvalue weighted by atomic mass is 9.74. The molecule has 2 atom stereocenters. The molecular weight excluding hydrogens is 222 g/mol. The fourth-order valence-electron chi connectivity index (χ4n) is 2.79. The predicted molar refractivity (Wildman–Crippen MR) is 76.1 cm³/mol. The number of rotatable bonds is 8. The molecule has 0 aliphatic heterocycles. The first-order valence-corrected chi connectivity index (χ1v) is 7.24. The predicted octanol–water partition coefficient (Wildman–Crippen LogP) is 3.12. The van der Waals surface area contributed by atoms with Crippen LogP contribution < -0.4 is 5.32 Å². The lowest BCUT2D eigenvalue weighted by Crippen LogP contribution is -2.36. The van der Waals surface area contributed by atoms with E-state index in [-0.39, 0.29) is 0 Å². The smallest absolute Gasteiger partial charge is 0.0619 e. The zero-order valence-electron chi connectivity index (χ0n) is 11.6. The molecule has 0 bridgehead atoms. The molecule has 0 aromatic heterocycles. The van der Waals surface area contributed by atoms with Crippen LogP contribution in [0.3, 0.4) is 0 Å². The second kappa shape index (κ2) is 6.91. The SMILES string of the molecule is CCCOCC(CC1Cc2ccccc21)NCC. The highest BCUT2D eigenvalue weighted by molar-refractivity contribution is 5.39. The maximum Gasteiger partial charge on any atom is 0.0619 e. The van der Waals surface area contributed by atoms with Crippen molar-refractivity contribution in [2.45, 2.75) is 45.1 Å². The maximum absolute atomic E-state index is 5.69. The third-order valence-electron chi connectivity index (χ3n) is 3.69. The summed E-state index contributed by atoms with van der Waals surface area (Å²) in [5, 5.41) is 3.55. The molecule has 2 nitrogen and oxygen atoms in total. The van der Waals surface area contributed by atoms with Crippen molar-refractivity contribution in [2.75, 3.05) is 19.8 Å². The summed E-state index contributed by atoms with van der Waals surface area (Å²) >= 11 is 0. The first-order valence-electron chi connectivity index (χ1n) is 7.24. The molecule has 1 aromatic carbocycles. The molecule has 0 heterocycles. The first kappa shape index (κ1) is 13.6. The Balaban J connectivity index is 1.83. The zero-order valence-corrected chi connectivity index (χ0v) is 11.6. The number of likely N-dealkylation sites (N-methyl/N-ethyl adjacent to an activating group) is 1. The van der Waals surface area contributed by atoms with Gasteiger partial charge >= 0.3 is 0 Å². The van der Waals surface area contributed by atoms with Gasteiger partial charge in [-0.2, -0.15) is 0 Å². The Labute approximate surface area is 111 Å². The number of nitrogens with one attached hydrogen (secondary N) is 1. The summed E-state index contributed by atoms with van der Waals surface area (Å²) in [6, 6.07) is 9.32. The average molecular weight is 247 g/mol. The quantitative estimate of drug-likeness (QED) is 0.713. The highest BCUT2D eigenvalue weighted by Crippen LogP contribution is 2.37. The van der Waals surface area contributed by atoms with Crippen LogP contribution in [0.4, 0.5) is 0 Å². The summed E-state index contributed by atoms with van der Waals surface area (Å²) in [6.45, 7) is 7.07. The highest BCUT2D eigenvalue weighted by atomic mass is 16.5. The fourth-order valence-corrected chi connectivity index (χ4v) is 2.79. The number of hydrogen-bond acceptors (Lipinski definition) is 2. The first-order chi connectivity index (χ1) is 8.85. The van der Waals surface area contributed by atoms with Gasteiger partial charge in [-0.05, 0) is 42.9 Å². The molecule has 1 aromatic rings. The van der Waals surface area contributed by atoms with E-state index in [9.17, 15) is 0 Å². The summed E-state index contributed by atoms with van der Waals surface area (Å²) < 4.78 is 5.69. The van der Waals surface area contributed by atoms with E-state index in [0.717, 1.165) is 32.1 Å². The second-order valence-corrected chi connectivity index (χ2v) is 5.17. The molecule has 0 saturated carbocycles. The largest absolute Gasteiger partial charge is 0.380 e. The Morgan fingerprint density at radius 3 is 2.89 bits per heavy atom. The van der Waals surface area contributed by atoms with Crippen LogP contribution in [0.2, 0.25) is 0 Å². The molecule has 2 rings (SSSR count). The van der Waals surface area contributed by atoms with Gasteiger partial charge in [0.2, 0.25) is 0 Å². The number of ether oxygens (including phenoxy) is 1. The topological polar surface area (TPSA) is 21.3 Å². The van der Waals surface area contributed by atoms with Crippen molar-refractivity contribution in [3.05, 3.63) is 35.4 Å². The van der Waals surface area contributed by atoms with Crippen LogP contribution in [0, 0.1) is 0 Å². The van der Waals surface area contributed by atoms with Gasteiger partial charge in [0, 0.05) is 12.6 Å². The van der Waals surface area contributed by atoms with Crippen LogP contribution in [-0.4, -0.2) is 25.8 Å². The van der Waals surface area contributed by atoms with Gasteiger partial charge in [-0.15, -0.1) is 0 Å². The Hall–Kier alpha value is -0.860. The molecule has 0 radical (unpaired) electrons. The molecule has 1 N–H and O–H groups in total. The van der Waals surface area contributed by atoms with E-state index in [0.29, 0.717) is 6.04 Å². The van der Waals surface area contributed by atoms with Crippen LogP contribution >= 0.6 is 0 Å². The van der Waals surface area contributed by atoms with Crippen LogP contribution in [0.5, 0.6) is 0 Å². The van der Waals surface area contributed by atoms with Crippen molar-refractivity contribution >= 4 is 0 Å².